The molecular weight excluding hydrogens is 316 g/mol. The molecule has 0 bridgehead atoms. The number of aromatic nitrogens is 4. The third-order valence-corrected chi connectivity index (χ3v) is 4.22. The molecule has 6 heteroatoms. The van der Waals surface area contributed by atoms with Crippen molar-refractivity contribution in [3.05, 3.63) is 92.3 Å². The van der Waals surface area contributed by atoms with Crippen molar-refractivity contribution in [1.82, 2.24) is 19.7 Å². The number of benzene rings is 2. The molecule has 0 fully saturated rings. The summed E-state index contributed by atoms with van der Waals surface area (Å²) in [6.07, 6.45) is 0.182. The summed E-state index contributed by atoms with van der Waals surface area (Å²) < 4.78 is 1.49. The Morgan fingerprint density at radius 3 is 2.52 bits per heavy atom. The van der Waals surface area contributed by atoms with Gasteiger partial charge in [0.15, 0.2) is 0 Å². The molecule has 0 aliphatic rings. The number of para-hydroxylation sites is 3. The average molecular weight is 332 g/mol. The second kappa shape index (κ2) is 5.90. The van der Waals surface area contributed by atoms with Gasteiger partial charge in [-0.1, -0.05) is 30.3 Å². The molecule has 0 aliphatic heterocycles. The monoisotopic (exact) mass is 332 g/mol. The molecule has 0 amide bonds. The van der Waals surface area contributed by atoms with E-state index in [1.807, 2.05) is 55.5 Å². The highest BCUT2D eigenvalue weighted by Gasteiger charge is 2.15. The van der Waals surface area contributed by atoms with Gasteiger partial charge in [-0.25, -0.2) is 9.67 Å². The van der Waals surface area contributed by atoms with Crippen LogP contribution in [0, 0.1) is 6.92 Å². The Kier molecular flexibility index (Phi) is 3.57. The largest absolute Gasteiger partial charge is 0.319 e. The Bertz CT molecular complexity index is 1170. The fraction of sp³-hybridized carbons (Fsp3) is 0.105. The van der Waals surface area contributed by atoms with Crippen LogP contribution < -0.4 is 11.1 Å². The normalized spacial score (nSPS) is 11.1. The molecule has 124 valence electrons. The molecule has 4 rings (SSSR count). The Morgan fingerprint density at radius 1 is 1.00 bits per heavy atom. The van der Waals surface area contributed by atoms with Gasteiger partial charge in [-0.2, -0.15) is 0 Å². The van der Waals surface area contributed by atoms with Crippen LogP contribution in [0.4, 0.5) is 0 Å². The lowest BCUT2D eigenvalue weighted by molar-refractivity contribution is 0.834. The van der Waals surface area contributed by atoms with Crippen molar-refractivity contribution < 1.29 is 0 Å². The third-order valence-electron chi connectivity index (χ3n) is 4.22. The van der Waals surface area contributed by atoms with E-state index in [1.54, 1.807) is 6.07 Å². The molecule has 2 N–H and O–H groups in total. The van der Waals surface area contributed by atoms with E-state index in [4.69, 9.17) is 0 Å². The van der Waals surface area contributed by atoms with Gasteiger partial charge in [0.05, 0.1) is 16.7 Å². The maximum Gasteiger partial charge on any atom is 0.275 e. The first-order valence-corrected chi connectivity index (χ1v) is 7.97. The quantitative estimate of drug-likeness (QED) is 0.604. The van der Waals surface area contributed by atoms with Crippen molar-refractivity contribution in [2.45, 2.75) is 13.3 Å². The molecule has 4 aromatic rings. The maximum atomic E-state index is 12.8. The average Bonchev–Trinajstić information content (AvgIpc) is 2.91. The maximum absolute atomic E-state index is 12.8. The van der Waals surface area contributed by atoms with Crippen molar-refractivity contribution in [3.8, 4) is 5.69 Å². The van der Waals surface area contributed by atoms with Crippen molar-refractivity contribution in [2.75, 3.05) is 0 Å². The molecule has 2 aromatic carbocycles. The summed E-state index contributed by atoms with van der Waals surface area (Å²) in [4.78, 5) is 32.3. The van der Waals surface area contributed by atoms with Gasteiger partial charge in [0.2, 0.25) is 0 Å². The van der Waals surface area contributed by atoms with Crippen molar-refractivity contribution in [2.24, 2.45) is 0 Å². The van der Waals surface area contributed by atoms with Crippen LogP contribution in [-0.2, 0) is 6.42 Å². The first-order valence-electron chi connectivity index (χ1n) is 7.97. The summed E-state index contributed by atoms with van der Waals surface area (Å²) in [5, 5.41) is 3.07. The molecule has 6 nitrogen and oxygen atoms in total. The summed E-state index contributed by atoms with van der Waals surface area (Å²) >= 11 is 0. The van der Waals surface area contributed by atoms with Crippen molar-refractivity contribution >= 4 is 11.0 Å². The summed E-state index contributed by atoms with van der Waals surface area (Å²) in [5.41, 5.74) is 3.29. The molecular formula is C19H16N4O2. The van der Waals surface area contributed by atoms with E-state index in [-0.39, 0.29) is 17.5 Å². The third kappa shape index (κ3) is 2.67. The van der Waals surface area contributed by atoms with E-state index in [0.29, 0.717) is 22.3 Å². The van der Waals surface area contributed by atoms with Crippen LogP contribution >= 0.6 is 0 Å². The van der Waals surface area contributed by atoms with Crippen LogP contribution in [0.15, 0.2) is 64.2 Å². The lowest BCUT2D eigenvalue weighted by atomic mass is 10.1. The highest BCUT2D eigenvalue weighted by atomic mass is 16.1. The smallest absolute Gasteiger partial charge is 0.275 e. The van der Waals surface area contributed by atoms with Crippen molar-refractivity contribution in [3.63, 3.8) is 0 Å². The first-order chi connectivity index (χ1) is 12.1. The minimum absolute atomic E-state index is 0.168. The first kappa shape index (κ1) is 15.1. The highest BCUT2D eigenvalue weighted by molar-refractivity contribution is 5.73. The fourth-order valence-corrected chi connectivity index (χ4v) is 2.90. The van der Waals surface area contributed by atoms with Gasteiger partial charge < -0.3 is 4.98 Å². The minimum Gasteiger partial charge on any atom is -0.319 e. The minimum atomic E-state index is -0.273. The van der Waals surface area contributed by atoms with Gasteiger partial charge in [0.25, 0.3) is 11.1 Å². The predicted molar refractivity (Wildman–Crippen MR) is 96.3 cm³/mol. The Labute approximate surface area is 142 Å². The number of hydrogen-bond acceptors (Lipinski definition) is 3. The Morgan fingerprint density at radius 2 is 1.72 bits per heavy atom. The highest BCUT2D eigenvalue weighted by Crippen LogP contribution is 2.11. The van der Waals surface area contributed by atoms with Gasteiger partial charge >= 0.3 is 0 Å². The van der Waals surface area contributed by atoms with E-state index < -0.39 is 0 Å². The molecule has 0 spiro atoms. The number of aryl methyl sites for hydroxylation is 1. The van der Waals surface area contributed by atoms with E-state index in [9.17, 15) is 9.59 Å². The molecule has 0 radical (unpaired) electrons. The number of hydrogen-bond donors (Lipinski definition) is 2. The number of H-pyrrole nitrogens is 2. The van der Waals surface area contributed by atoms with Crippen LogP contribution in [-0.4, -0.2) is 19.7 Å². The standard InChI is InChI=1S/C19H16N4O2/c1-12-14(19(25)23(22-12)13-7-3-2-4-8-13)11-17-18(24)21-16-10-6-5-9-15(16)20-17/h2-10,22H,11H2,1H3,(H,21,24). The van der Waals surface area contributed by atoms with Crippen LogP contribution in [0.5, 0.6) is 0 Å². The van der Waals surface area contributed by atoms with Gasteiger partial charge in [0.1, 0.15) is 5.69 Å². The van der Waals surface area contributed by atoms with E-state index in [1.165, 1.54) is 4.68 Å². The molecule has 2 aromatic heterocycles. The zero-order valence-electron chi connectivity index (χ0n) is 13.6. The van der Waals surface area contributed by atoms with Gasteiger partial charge in [-0.3, -0.25) is 14.7 Å². The zero-order chi connectivity index (χ0) is 17.4. The molecule has 0 saturated heterocycles. The predicted octanol–water partition coefficient (Wildman–Crippen LogP) is 2.30. The zero-order valence-corrected chi connectivity index (χ0v) is 13.6. The van der Waals surface area contributed by atoms with Gasteiger partial charge in [0, 0.05) is 17.7 Å². The van der Waals surface area contributed by atoms with Gasteiger partial charge in [-0.05, 0) is 31.2 Å². The Hall–Kier alpha value is -3.41. The summed E-state index contributed by atoms with van der Waals surface area (Å²) in [5.74, 6) is 0. The second-order valence-corrected chi connectivity index (χ2v) is 5.90. The summed E-state index contributed by atoms with van der Waals surface area (Å²) in [7, 11) is 0. The topological polar surface area (TPSA) is 83.5 Å². The lowest BCUT2D eigenvalue weighted by Crippen LogP contribution is -2.21. The lowest BCUT2D eigenvalue weighted by Gasteiger charge is -2.01. The van der Waals surface area contributed by atoms with E-state index >= 15 is 0 Å². The summed E-state index contributed by atoms with van der Waals surface area (Å²) in [6.45, 7) is 1.82. The SMILES string of the molecule is Cc1[nH]n(-c2ccccc2)c(=O)c1Cc1nc2ccccc2[nH]c1=O. The van der Waals surface area contributed by atoms with E-state index in [2.05, 4.69) is 15.1 Å². The Balaban J connectivity index is 1.80. The number of nitrogens with zero attached hydrogens (tertiary/aromatic N) is 2. The number of aromatic amines is 2. The van der Waals surface area contributed by atoms with E-state index in [0.717, 1.165) is 11.4 Å². The fourth-order valence-electron chi connectivity index (χ4n) is 2.90. The second-order valence-electron chi connectivity index (χ2n) is 5.90. The van der Waals surface area contributed by atoms with Crippen LogP contribution in [0.3, 0.4) is 0 Å². The molecule has 0 atom stereocenters. The van der Waals surface area contributed by atoms with Gasteiger partial charge in [-0.15, -0.1) is 0 Å². The van der Waals surface area contributed by atoms with Crippen LogP contribution in [0.2, 0.25) is 0 Å². The summed E-state index contributed by atoms with van der Waals surface area (Å²) in [6, 6.07) is 16.7. The van der Waals surface area contributed by atoms with Crippen LogP contribution in [0.1, 0.15) is 17.0 Å². The number of fused-ring (bicyclic) bond motifs is 1. The molecule has 25 heavy (non-hydrogen) atoms. The molecule has 0 unspecified atom stereocenters. The molecule has 0 aliphatic carbocycles. The molecule has 0 saturated carbocycles. The van der Waals surface area contributed by atoms with Crippen LogP contribution in [0.25, 0.3) is 16.7 Å². The number of nitrogens with one attached hydrogen (secondary N) is 2. The number of rotatable bonds is 3. The van der Waals surface area contributed by atoms with Crippen molar-refractivity contribution in [1.29, 1.82) is 0 Å². The molecule has 2 heterocycles.